The number of nitrogens with zero attached hydrogens (tertiary/aromatic N) is 3. The van der Waals surface area contributed by atoms with Crippen LogP contribution in [0.1, 0.15) is 24.4 Å². The van der Waals surface area contributed by atoms with Crippen LogP contribution in [0.2, 0.25) is 0 Å². The molecule has 2 aromatic heterocycles. The van der Waals surface area contributed by atoms with Gasteiger partial charge in [-0.15, -0.1) is 5.10 Å². The lowest BCUT2D eigenvalue weighted by molar-refractivity contribution is 0.0852. The van der Waals surface area contributed by atoms with Gasteiger partial charge in [0.25, 0.3) is 5.56 Å². The van der Waals surface area contributed by atoms with Gasteiger partial charge in [0.05, 0.1) is 11.1 Å². The average Bonchev–Trinajstić information content (AvgIpc) is 3.28. The molecule has 1 aliphatic rings. The minimum atomic E-state index is -0.452. The molecule has 0 saturated carbocycles. The minimum absolute atomic E-state index is 0.206. The number of rotatable bonds is 4. The van der Waals surface area contributed by atoms with Crippen LogP contribution >= 0.6 is 11.3 Å². The van der Waals surface area contributed by atoms with Gasteiger partial charge in [-0.3, -0.25) is 4.79 Å². The first kappa shape index (κ1) is 17.7. The molecule has 7 nitrogen and oxygen atoms in total. The second-order valence-electron chi connectivity index (χ2n) is 6.45. The molecule has 0 radical (unpaired) electrons. The van der Waals surface area contributed by atoms with Crippen LogP contribution in [0.25, 0.3) is 11.0 Å². The topological polar surface area (TPSA) is 74.9 Å². The van der Waals surface area contributed by atoms with Gasteiger partial charge in [0.15, 0.2) is 23.4 Å². The summed E-state index contributed by atoms with van der Waals surface area (Å²) < 4.78 is 19.1. The van der Waals surface area contributed by atoms with Crippen LogP contribution in [0.3, 0.4) is 0 Å². The van der Waals surface area contributed by atoms with Crippen molar-refractivity contribution in [1.29, 1.82) is 0 Å². The van der Waals surface area contributed by atoms with Gasteiger partial charge < -0.3 is 14.2 Å². The van der Waals surface area contributed by atoms with Crippen LogP contribution in [0.5, 0.6) is 17.2 Å². The molecule has 3 heterocycles. The van der Waals surface area contributed by atoms with Crippen molar-refractivity contribution in [3.63, 3.8) is 0 Å². The van der Waals surface area contributed by atoms with E-state index in [0.717, 1.165) is 11.3 Å². The normalized spacial score (nSPS) is 16.3. The van der Waals surface area contributed by atoms with Gasteiger partial charge in [0.1, 0.15) is 12.4 Å². The molecule has 1 aliphatic heterocycles. The van der Waals surface area contributed by atoms with Crippen molar-refractivity contribution in [3.05, 3.63) is 74.8 Å². The number of ether oxygens (including phenoxy) is 3. The fourth-order valence-electron chi connectivity index (χ4n) is 3.14. The summed E-state index contributed by atoms with van der Waals surface area (Å²) in [4.78, 5) is 17.8. The quantitative estimate of drug-likeness (QED) is 0.518. The van der Waals surface area contributed by atoms with Crippen molar-refractivity contribution >= 4 is 22.4 Å². The highest BCUT2D eigenvalue weighted by Crippen LogP contribution is 2.35. The highest BCUT2D eigenvalue weighted by molar-refractivity contribution is 7.15. The maximum atomic E-state index is 12.8. The Morgan fingerprint density at radius 1 is 1.24 bits per heavy atom. The van der Waals surface area contributed by atoms with Crippen LogP contribution in [0.4, 0.5) is 0 Å². The first-order chi connectivity index (χ1) is 14.2. The number of benzene rings is 2. The molecular formula is C21H17N3O4S. The van der Waals surface area contributed by atoms with E-state index in [1.165, 1.54) is 15.9 Å². The molecule has 0 aliphatic carbocycles. The van der Waals surface area contributed by atoms with Crippen LogP contribution in [0, 0.1) is 0 Å². The summed E-state index contributed by atoms with van der Waals surface area (Å²) in [7, 11) is 0. The Kier molecular flexibility index (Phi) is 4.40. The maximum absolute atomic E-state index is 12.8. The predicted molar refractivity (Wildman–Crippen MR) is 109 cm³/mol. The number of para-hydroxylation sites is 2. The zero-order valence-electron chi connectivity index (χ0n) is 15.6. The third-order valence-corrected chi connectivity index (χ3v) is 5.42. The van der Waals surface area contributed by atoms with Gasteiger partial charge in [-0.2, -0.15) is 9.50 Å². The second-order valence-corrected chi connectivity index (χ2v) is 7.46. The Morgan fingerprint density at radius 3 is 2.93 bits per heavy atom. The van der Waals surface area contributed by atoms with Crippen molar-refractivity contribution in [2.24, 2.45) is 0 Å². The van der Waals surface area contributed by atoms with Gasteiger partial charge in [0.2, 0.25) is 4.96 Å². The lowest BCUT2D eigenvalue weighted by Gasteiger charge is -2.24. The van der Waals surface area contributed by atoms with Gasteiger partial charge in [-0.25, -0.2) is 0 Å². The SMILES string of the molecule is CCOc1cccc(/C=c2\sc3nc([C@@H]4COc5ccccc5O4)nn3c2=O)c1. The van der Waals surface area contributed by atoms with Crippen LogP contribution in [0.15, 0.2) is 53.3 Å². The zero-order valence-corrected chi connectivity index (χ0v) is 16.4. The van der Waals surface area contributed by atoms with Gasteiger partial charge in [-0.05, 0) is 42.8 Å². The molecule has 4 aromatic rings. The Morgan fingerprint density at radius 2 is 2.10 bits per heavy atom. The molecule has 2 aromatic carbocycles. The second kappa shape index (κ2) is 7.21. The number of thiazole rings is 1. The predicted octanol–water partition coefficient (Wildman–Crippen LogP) is 2.61. The lowest BCUT2D eigenvalue weighted by Crippen LogP contribution is -2.26. The molecule has 0 spiro atoms. The van der Waals surface area contributed by atoms with Gasteiger partial charge in [0, 0.05) is 0 Å². The van der Waals surface area contributed by atoms with E-state index in [1.54, 1.807) is 0 Å². The van der Waals surface area contributed by atoms with Crippen molar-refractivity contribution in [1.82, 2.24) is 14.6 Å². The third-order valence-electron chi connectivity index (χ3n) is 4.46. The number of hydrogen-bond donors (Lipinski definition) is 0. The molecular weight excluding hydrogens is 390 g/mol. The van der Waals surface area contributed by atoms with Crippen LogP contribution < -0.4 is 24.3 Å². The Bertz CT molecular complexity index is 1300. The Labute approximate surface area is 169 Å². The maximum Gasteiger partial charge on any atom is 0.291 e. The molecule has 0 bridgehead atoms. The van der Waals surface area contributed by atoms with E-state index in [1.807, 2.05) is 61.5 Å². The monoisotopic (exact) mass is 407 g/mol. The van der Waals surface area contributed by atoms with Gasteiger partial charge in [-0.1, -0.05) is 35.6 Å². The van der Waals surface area contributed by atoms with E-state index >= 15 is 0 Å². The first-order valence-corrected chi connectivity index (χ1v) is 10.1. The third kappa shape index (κ3) is 3.31. The van der Waals surface area contributed by atoms with Gasteiger partial charge >= 0.3 is 0 Å². The fraction of sp³-hybridized carbons (Fsp3) is 0.190. The van der Waals surface area contributed by atoms with E-state index < -0.39 is 6.10 Å². The van der Waals surface area contributed by atoms with Crippen molar-refractivity contribution in [2.45, 2.75) is 13.0 Å². The summed E-state index contributed by atoms with van der Waals surface area (Å²) in [5, 5.41) is 4.37. The summed E-state index contributed by atoms with van der Waals surface area (Å²) in [6.07, 6.45) is 1.37. The van der Waals surface area contributed by atoms with Crippen LogP contribution in [-0.2, 0) is 0 Å². The molecule has 8 heteroatoms. The molecule has 146 valence electrons. The van der Waals surface area contributed by atoms with Crippen molar-refractivity contribution in [3.8, 4) is 17.2 Å². The number of aromatic nitrogens is 3. The largest absolute Gasteiger partial charge is 0.494 e. The summed E-state index contributed by atoms with van der Waals surface area (Å²) in [6.45, 7) is 2.82. The molecule has 0 amide bonds. The van der Waals surface area contributed by atoms with E-state index in [-0.39, 0.29) is 5.56 Å². The van der Waals surface area contributed by atoms with Crippen LogP contribution in [-0.4, -0.2) is 27.8 Å². The smallest absolute Gasteiger partial charge is 0.291 e. The molecule has 1 atom stereocenters. The zero-order chi connectivity index (χ0) is 19.8. The molecule has 0 fully saturated rings. The summed E-state index contributed by atoms with van der Waals surface area (Å²) in [6, 6.07) is 15.1. The first-order valence-electron chi connectivity index (χ1n) is 9.24. The summed E-state index contributed by atoms with van der Waals surface area (Å²) >= 11 is 1.29. The molecule has 0 N–H and O–H groups in total. The highest BCUT2D eigenvalue weighted by Gasteiger charge is 2.27. The van der Waals surface area contributed by atoms with E-state index in [0.29, 0.717) is 40.0 Å². The summed E-state index contributed by atoms with van der Waals surface area (Å²) in [5.74, 6) is 2.55. The standard InChI is InChI=1S/C21H17N3O4S/c1-2-26-14-7-5-6-13(10-14)11-18-20(25)24-21(29-18)22-19(23-24)17-12-27-15-8-3-4-9-16(15)28-17/h3-11,17H,2,12H2,1H3/b18-11-/t17-/m0/s1. The summed E-state index contributed by atoms with van der Waals surface area (Å²) in [5.41, 5.74) is 0.682. The Hall–Kier alpha value is -3.39. The highest BCUT2D eigenvalue weighted by atomic mass is 32.1. The molecule has 29 heavy (non-hydrogen) atoms. The van der Waals surface area contributed by atoms with Crippen molar-refractivity contribution < 1.29 is 14.2 Å². The van der Waals surface area contributed by atoms with E-state index in [9.17, 15) is 4.79 Å². The average molecular weight is 407 g/mol. The van der Waals surface area contributed by atoms with E-state index in [2.05, 4.69) is 10.1 Å². The minimum Gasteiger partial charge on any atom is -0.494 e. The molecule has 0 unspecified atom stereocenters. The molecule has 0 saturated heterocycles. The lowest BCUT2D eigenvalue weighted by atomic mass is 10.2. The Balaban J connectivity index is 1.46. The van der Waals surface area contributed by atoms with Crippen molar-refractivity contribution in [2.75, 3.05) is 13.2 Å². The number of hydrogen-bond acceptors (Lipinski definition) is 7. The van der Waals surface area contributed by atoms with E-state index in [4.69, 9.17) is 14.2 Å². The molecule has 5 rings (SSSR count). The fourth-order valence-corrected chi connectivity index (χ4v) is 4.06. The number of fused-ring (bicyclic) bond motifs is 2.